The van der Waals surface area contributed by atoms with Gasteiger partial charge in [-0.2, -0.15) is 0 Å². The molecule has 10 heteroatoms. The summed E-state index contributed by atoms with van der Waals surface area (Å²) in [6.07, 6.45) is 4.59. The summed E-state index contributed by atoms with van der Waals surface area (Å²) < 4.78 is 11.9. The Kier molecular flexibility index (Phi) is 9.78. The van der Waals surface area contributed by atoms with E-state index < -0.39 is 5.97 Å². The van der Waals surface area contributed by atoms with Gasteiger partial charge in [-0.25, -0.2) is 9.78 Å². The molecule has 1 aliphatic heterocycles. The van der Waals surface area contributed by atoms with Crippen LogP contribution in [0.25, 0.3) is 11.3 Å². The van der Waals surface area contributed by atoms with Gasteiger partial charge in [-0.15, -0.1) is 24.8 Å². The lowest BCUT2D eigenvalue weighted by Crippen LogP contribution is -2.29. The van der Waals surface area contributed by atoms with Crippen molar-refractivity contribution >= 4 is 43.1 Å². The van der Waals surface area contributed by atoms with Crippen LogP contribution in [0.4, 0.5) is 5.95 Å². The van der Waals surface area contributed by atoms with E-state index in [-0.39, 0.29) is 31.4 Å². The zero-order valence-electron chi connectivity index (χ0n) is 15.4. The molecule has 0 unspecified atom stereocenters. The topological polar surface area (TPSA) is 94.5 Å². The lowest BCUT2D eigenvalue weighted by Gasteiger charge is -2.24. The lowest BCUT2D eigenvalue weighted by molar-refractivity contribution is -0.142. The number of nitrogens with zero attached hydrogens (tertiary/aromatic N) is 2. The van der Waals surface area contributed by atoms with Gasteiger partial charge in [-0.05, 0) is 50.2 Å². The Labute approximate surface area is 175 Å². The maximum Gasteiger partial charge on any atom is 0.343 e. The van der Waals surface area contributed by atoms with Crippen molar-refractivity contribution in [2.45, 2.75) is 18.9 Å². The number of hydrogen-bond acceptors (Lipinski definition) is 6. The zero-order chi connectivity index (χ0) is 18.4. The number of nitrogens with one attached hydrogen (secondary N) is 2. The Morgan fingerprint density at radius 2 is 1.96 bits per heavy atom. The van der Waals surface area contributed by atoms with Gasteiger partial charge in [0.25, 0.3) is 0 Å². The number of piperidine rings is 1. The van der Waals surface area contributed by atoms with Crippen LogP contribution in [0.3, 0.4) is 0 Å². The quantitative estimate of drug-likeness (QED) is 0.517. The number of carbonyl (C=O) groups is 2. The number of amides is 1. The molecule has 1 aromatic carbocycles. The average Bonchev–Trinajstić information content (AvgIpc) is 3.11. The molecule has 0 spiro atoms. The van der Waals surface area contributed by atoms with Crippen LogP contribution in [0.5, 0.6) is 5.75 Å². The highest BCUT2D eigenvalue weighted by Gasteiger charge is 2.19. The van der Waals surface area contributed by atoms with E-state index in [1.165, 1.54) is 7.11 Å². The number of esters is 1. The number of halogens is 2. The number of carbonyl (C=O) groups excluding carboxylic acids is 2. The summed E-state index contributed by atoms with van der Waals surface area (Å²) in [7, 11) is 1.32. The molecule has 0 radical (unpaired) electrons. The Hall–Kier alpha value is -2.29. The SMILES string of the molecule is COC(=O)COc1ccc(-c2cn(C3CCNCC3)c(NC=O)n2)cc1.Cl.Cl. The van der Waals surface area contributed by atoms with Crippen LogP contribution in [-0.2, 0) is 14.3 Å². The standard InChI is InChI=1S/C18H22N4O4.2ClH/c1-25-17(24)11-26-15-4-2-13(3-5-15)16-10-22(18(21-16)20-12-23)14-6-8-19-9-7-14;;/h2-5,10,12,14,19H,6-9,11H2,1H3,(H,20,21,23);2*1H. The summed E-state index contributed by atoms with van der Waals surface area (Å²) in [5, 5.41) is 6.02. The number of rotatable bonds is 7. The third-order valence-corrected chi connectivity index (χ3v) is 4.36. The summed E-state index contributed by atoms with van der Waals surface area (Å²) in [6.45, 7) is 1.77. The summed E-state index contributed by atoms with van der Waals surface area (Å²) in [4.78, 5) is 26.6. The van der Waals surface area contributed by atoms with Crippen LogP contribution >= 0.6 is 24.8 Å². The highest BCUT2D eigenvalue weighted by molar-refractivity contribution is 5.85. The molecule has 0 bridgehead atoms. The molecule has 28 heavy (non-hydrogen) atoms. The monoisotopic (exact) mass is 430 g/mol. The van der Waals surface area contributed by atoms with E-state index in [1.54, 1.807) is 12.1 Å². The van der Waals surface area contributed by atoms with Gasteiger partial charge >= 0.3 is 5.97 Å². The molecule has 1 fully saturated rings. The fourth-order valence-electron chi connectivity index (χ4n) is 2.98. The molecule has 1 saturated heterocycles. The molecule has 0 saturated carbocycles. The van der Waals surface area contributed by atoms with Gasteiger partial charge in [0.15, 0.2) is 6.61 Å². The number of imidazole rings is 1. The predicted octanol–water partition coefficient (Wildman–Crippen LogP) is 2.44. The molecular weight excluding hydrogens is 407 g/mol. The van der Waals surface area contributed by atoms with E-state index in [4.69, 9.17) is 4.74 Å². The number of benzene rings is 1. The van der Waals surface area contributed by atoms with Crippen molar-refractivity contribution in [1.29, 1.82) is 0 Å². The summed E-state index contributed by atoms with van der Waals surface area (Å²) >= 11 is 0. The molecule has 0 atom stereocenters. The van der Waals surface area contributed by atoms with Crippen molar-refractivity contribution in [3.05, 3.63) is 30.5 Å². The van der Waals surface area contributed by atoms with Crippen molar-refractivity contribution in [1.82, 2.24) is 14.9 Å². The van der Waals surface area contributed by atoms with Crippen LogP contribution in [0.2, 0.25) is 0 Å². The molecule has 1 aromatic heterocycles. The number of ether oxygens (including phenoxy) is 2. The van der Waals surface area contributed by atoms with Gasteiger partial charge in [0.2, 0.25) is 12.4 Å². The molecule has 8 nitrogen and oxygen atoms in total. The number of methoxy groups -OCH3 is 1. The molecule has 2 heterocycles. The van der Waals surface area contributed by atoms with E-state index >= 15 is 0 Å². The molecule has 3 rings (SSSR count). The van der Waals surface area contributed by atoms with Crippen LogP contribution < -0.4 is 15.4 Å². The van der Waals surface area contributed by atoms with Crippen molar-refractivity contribution in [3.63, 3.8) is 0 Å². The molecule has 0 aliphatic carbocycles. The summed E-state index contributed by atoms with van der Waals surface area (Å²) in [6, 6.07) is 7.59. The van der Waals surface area contributed by atoms with Crippen molar-refractivity contribution in [2.24, 2.45) is 0 Å². The first kappa shape index (κ1) is 23.7. The highest BCUT2D eigenvalue weighted by Crippen LogP contribution is 2.28. The fourth-order valence-corrected chi connectivity index (χ4v) is 2.98. The second-order valence-corrected chi connectivity index (χ2v) is 5.99. The second kappa shape index (κ2) is 11.5. The smallest absolute Gasteiger partial charge is 0.343 e. The van der Waals surface area contributed by atoms with Crippen LogP contribution in [-0.4, -0.2) is 48.7 Å². The van der Waals surface area contributed by atoms with Gasteiger partial charge in [-0.3, -0.25) is 10.1 Å². The van der Waals surface area contributed by atoms with E-state index in [1.807, 2.05) is 22.9 Å². The number of hydrogen-bond donors (Lipinski definition) is 2. The largest absolute Gasteiger partial charge is 0.482 e. The highest BCUT2D eigenvalue weighted by atomic mass is 35.5. The summed E-state index contributed by atoms with van der Waals surface area (Å²) in [5.74, 6) is 0.690. The van der Waals surface area contributed by atoms with Gasteiger partial charge < -0.3 is 19.4 Å². The average molecular weight is 431 g/mol. The minimum Gasteiger partial charge on any atom is -0.482 e. The Morgan fingerprint density at radius 3 is 2.57 bits per heavy atom. The van der Waals surface area contributed by atoms with Crippen LogP contribution in [0.1, 0.15) is 18.9 Å². The van der Waals surface area contributed by atoms with E-state index in [0.29, 0.717) is 24.1 Å². The number of anilines is 1. The van der Waals surface area contributed by atoms with Gasteiger partial charge in [-0.1, -0.05) is 0 Å². The lowest BCUT2D eigenvalue weighted by atomic mass is 10.1. The van der Waals surface area contributed by atoms with Crippen molar-refractivity contribution in [3.8, 4) is 17.0 Å². The maximum absolute atomic E-state index is 11.1. The predicted molar refractivity (Wildman–Crippen MR) is 110 cm³/mol. The minimum atomic E-state index is -0.431. The van der Waals surface area contributed by atoms with Crippen LogP contribution in [0.15, 0.2) is 30.5 Å². The van der Waals surface area contributed by atoms with E-state index in [9.17, 15) is 9.59 Å². The van der Waals surface area contributed by atoms with Gasteiger partial charge in [0.1, 0.15) is 5.75 Å². The Balaban J connectivity index is 0.00000196. The Morgan fingerprint density at radius 1 is 1.29 bits per heavy atom. The van der Waals surface area contributed by atoms with Gasteiger partial charge in [0, 0.05) is 17.8 Å². The minimum absolute atomic E-state index is 0. The molecular formula is C18H24Cl2N4O4. The van der Waals surface area contributed by atoms with Crippen LogP contribution in [0, 0.1) is 0 Å². The van der Waals surface area contributed by atoms with Gasteiger partial charge in [0.05, 0.1) is 12.8 Å². The molecule has 2 aromatic rings. The zero-order valence-corrected chi connectivity index (χ0v) is 17.1. The molecule has 1 amide bonds. The fraction of sp³-hybridized carbons (Fsp3) is 0.389. The maximum atomic E-state index is 11.1. The third-order valence-electron chi connectivity index (χ3n) is 4.36. The van der Waals surface area contributed by atoms with E-state index in [0.717, 1.165) is 37.2 Å². The summed E-state index contributed by atoms with van der Waals surface area (Å²) in [5.41, 5.74) is 1.67. The second-order valence-electron chi connectivity index (χ2n) is 5.99. The molecule has 1 aliphatic rings. The molecule has 2 N–H and O–H groups in total. The van der Waals surface area contributed by atoms with E-state index in [2.05, 4.69) is 20.4 Å². The van der Waals surface area contributed by atoms with Crippen molar-refractivity contribution < 1.29 is 19.1 Å². The first-order chi connectivity index (χ1) is 12.7. The third kappa shape index (κ3) is 5.85. The van der Waals surface area contributed by atoms with Crippen molar-refractivity contribution in [2.75, 3.05) is 32.1 Å². The Bertz CT molecular complexity index is 761. The molecule has 154 valence electrons. The normalized spacial score (nSPS) is 13.6. The first-order valence-corrected chi connectivity index (χ1v) is 8.51. The first-order valence-electron chi connectivity index (χ1n) is 8.51. The number of aromatic nitrogens is 2.